The Hall–Kier alpha value is -1.62. The van der Waals surface area contributed by atoms with Gasteiger partial charge in [0, 0.05) is 18.7 Å². The third-order valence-corrected chi connectivity index (χ3v) is 5.96. The maximum atomic E-state index is 12.3. The molecule has 1 aromatic rings. The van der Waals surface area contributed by atoms with Crippen molar-refractivity contribution >= 4 is 36.8 Å². The van der Waals surface area contributed by atoms with E-state index in [2.05, 4.69) is 14.5 Å². The lowest BCUT2D eigenvalue weighted by Gasteiger charge is -2.25. The molecule has 2 heterocycles. The zero-order valence-corrected chi connectivity index (χ0v) is 16.6. The van der Waals surface area contributed by atoms with E-state index in [1.165, 1.54) is 6.08 Å². The Morgan fingerprint density at radius 1 is 1.32 bits per heavy atom. The molecule has 2 fully saturated rings. The van der Waals surface area contributed by atoms with E-state index in [1.807, 2.05) is 0 Å². The summed E-state index contributed by atoms with van der Waals surface area (Å²) in [5.74, 6) is 0.454. The van der Waals surface area contributed by atoms with Gasteiger partial charge in [0.25, 0.3) is 11.1 Å². The van der Waals surface area contributed by atoms with Gasteiger partial charge < -0.3 is 15.5 Å². The summed E-state index contributed by atoms with van der Waals surface area (Å²) in [7, 11) is -4.79. The minimum Gasteiger partial charge on any atom is -0.328 e. The van der Waals surface area contributed by atoms with E-state index in [0.29, 0.717) is 34.1 Å². The average Bonchev–Trinajstić information content (AvgIpc) is 2.88. The first-order valence-corrected chi connectivity index (χ1v) is 11.1. The van der Waals surface area contributed by atoms with Crippen LogP contribution in [0.1, 0.15) is 37.2 Å². The molecule has 1 saturated carbocycles. The maximum absolute atomic E-state index is 12.3. The second-order valence-corrected chi connectivity index (χ2v) is 8.97. The van der Waals surface area contributed by atoms with Crippen molar-refractivity contribution in [2.75, 3.05) is 6.73 Å². The fourth-order valence-corrected chi connectivity index (χ4v) is 4.20. The fraction of sp³-hybridized carbons (Fsp3) is 0.500. The van der Waals surface area contributed by atoms with Crippen molar-refractivity contribution in [2.45, 2.75) is 38.1 Å². The van der Waals surface area contributed by atoms with Gasteiger partial charge in [0.2, 0.25) is 0 Å². The first kappa shape index (κ1) is 21.1. The van der Waals surface area contributed by atoms with Crippen molar-refractivity contribution < 1.29 is 28.5 Å². The summed E-state index contributed by atoms with van der Waals surface area (Å²) in [6.45, 7) is -0.814. The number of thioether (sulfide) groups is 1. The molecule has 4 N–H and O–H groups in total. The van der Waals surface area contributed by atoms with Crippen molar-refractivity contribution in [1.29, 1.82) is 0 Å². The number of imide groups is 1. The maximum Gasteiger partial charge on any atom is 0.471 e. The Bertz CT molecular complexity index is 836. The van der Waals surface area contributed by atoms with Crippen LogP contribution in [-0.2, 0) is 20.3 Å². The number of carbonyl (C=O) groups is 2. The summed E-state index contributed by atoms with van der Waals surface area (Å²) in [5, 5.41) is -0.669. The Morgan fingerprint density at radius 2 is 2.04 bits per heavy atom. The molecule has 28 heavy (non-hydrogen) atoms. The largest absolute Gasteiger partial charge is 0.471 e. The molecule has 152 valence electrons. The molecule has 12 heteroatoms. The summed E-state index contributed by atoms with van der Waals surface area (Å²) in [4.78, 5) is 51.1. The lowest BCUT2D eigenvalue weighted by Crippen LogP contribution is -2.30. The topological polar surface area (TPSA) is 156 Å². The van der Waals surface area contributed by atoms with Crippen LogP contribution in [0.2, 0.25) is 0 Å². The zero-order chi connectivity index (χ0) is 20.3. The van der Waals surface area contributed by atoms with Crippen molar-refractivity contribution in [3.63, 3.8) is 0 Å². The van der Waals surface area contributed by atoms with Crippen LogP contribution in [0.25, 0.3) is 6.08 Å². The van der Waals surface area contributed by atoms with Gasteiger partial charge in [-0.2, -0.15) is 0 Å². The number of carbonyl (C=O) groups excluding carboxylic acids is 2. The van der Waals surface area contributed by atoms with Gasteiger partial charge in [-0.3, -0.25) is 14.1 Å². The quantitative estimate of drug-likeness (QED) is 0.449. The molecule has 1 aliphatic heterocycles. The average molecular weight is 428 g/mol. The van der Waals surface area contributed by atoms with Gasteiger partial charge in [-0.05, 0) is 55.5 Å². The van der Waals surface area contributed by atoms with Crippen LogP contribution in [-0.4, -0.2) is 48.6 Å². The van der Waals surface area contributed by atoms with E-state index < -0.39 is 25.7 Å². The molecule has 0 atom stereocenters. The Labute approximate surface area is 165 Å². The summed E-state index contributed by atoms with van der Waals surface area (Å²) in [6, 6.07) is 1.90. The predicted molar refractivity (Wildman–Crippen MR) is 101 cm³/mol. The van der Waals surface area contributed by atoms with E-state index >= 15 is 0 Å². The molecule has 0 bridgehead atoms. The highest BCUT2D eigenvalue weighted by atomic mass is 32.2. The molecule has 2 amide bonds. The van der Waals surface area contributed by atoms with Gasteiger partial charge in [-0.1, -0.05) is 0 Å². The third-order valence-electron chi connectivity index (χ3n) is 4.60. The Balaban J connectivity index is 1.67. The molecular formula is C16H21N4O6PS. The van der Waals surface area contributed by atoms with Crippen LogP contribution >= 0.6 is 19.6 Å². The van der Waals surface area contributed by atoms with Gasteiger partial charge >= 0.3 is 7.82 Å². The number of nitrogens with two attached hydrogens (primary N) is 1. The van der Waals surface area contributed by atoms with E-state index in [-0.39, 0.29) is 10.9 Å². The number of amides is 2. The number of nitrogens with zero attached hydrogens (tertiary/aromatic N) is 3. The highest BCUT2D eigenvalue weighted by molar-refractivity contribution is 8.18. The minimum absolute atomic E-state index is 0.104. The monoisotopic (exact) mass is 428 g/mol. The van der Waals surface area contributed by atoms with Crippen molar-refractivity contribution in [3.8, 4) is 0 Å². The molecule has 1 saturated heterocycles. The number of hydrogen-bond acceptors (Lipinski definition) is 8. The van der Waals surface area contributed by atoms with Gasteiger partial charge in [-0.25, -0.2) is 19.4 Å². The number of phosphoric ester groups is 1. The van der Waals surface area contributed by atoms with Crippen LogP contribution in [0.3, 0.4) is 0 Å². The molecule has 10 nitrogen and oxygen atoms in total. The number of rotatable bonds is 6. The van der Waals surface area contributed by atoms with Crippen LogP contribution in [0, 0.1) is 5.92 Å². The lowest BCUT2D eigenvalue weighted by atomic mass is 9.84. The van der Waals surface area contributed by atoms with E-state index in [9.17, 15) is 14.2 Å². The van der Waals surface area contributed by atoms with Crippen molar-refractivity contribution in [3.05, 3.63) is 28.7 Å². The third kappa shape index (κ3) is 5.69. The van der Waals surface area contributed by atoms with E-state index in [1.54, 1.807) is 12.3 Å². The zero-order valence-electron chi connectivity index (χ0n) is 14.9. The Morgan fingerprint density at radius 3 is 2.71 bits per heavy atom. The number of aromatic nitrogens is 2. The van der Waals surface area contributed by atoms with Crippen LogP contribution in [0.4, 0.5) is 4.79 Å². The minimum atomic E-state index is -4.79. The highest BCUT2D eigenvalue weighted by Gasteiger charge is 2.36. The number of hydrogen-bond donors (Lipinski definition) is 3. The molecule has 3 rings (SSSR count). The van der Waals surface area contributed by atoms with Gasteiger partial charge in [0.1, 0.15) is 12.6 Å². The molecule has 1 aliphatic carbocycles. The second-order valence-electron chi connectivity index (χ2n) is 6.74. The van der Waals surface area contributed by atoms with Crippen molar-refractivity contribution in [1.82, 2.24) is 14.9 Å². The smallest absolute Gasteiger partial charge is 0.328 e. The SMILES string of the molecule is NC1CCC(Cc2nccc(/C=C3\SC(=O)N(COP(=O)(O)O)C3=O)n2)CC1. The summed E-state index contributed by atoms with van der Waals surface area (Å²) in [6.07, 6.45) is 7.85. The molecular weight excluding hydrogens is 407 g/mol. The molecule has 0 aromatic carbocycles. The molecule has 0 unspecified atom stereocenters. The Kier molecular flexibility index (Phi) is 6.64. The highest BCUT2D eigenvalue weighted by Crippen LogP contribution is 2.38. The summed E-state index contributed by atoms with van der Waals surface area (Å²) in [5.41, 5.74) is 6.41. The van der Waals surface area contributed by atoms with Crippen molar-refractivity contribution in [2.24, 2.45) is 11.7 Å². The van der Waals surface area contributed by atoms with Crippen LogP contribution in [0.5, 0.6) is 0 Å². The fourth-order valence-electron chi connectivity index (χ4n) is 3.12. The predicted octanol–water partition coefficient (Wildman–Crippen LogP) is 1.64. The van der Waals surface area contributed by atoms with Crippen LogP contribution in [0.15, 0.2) is 17.2 Å². The summed E-state index contributed by atoms with van der Waals surface area (Å²) >= 11 is 0.660. The van der Waals surface area contributed by atoms with Gasteiger partial charge in [-0.15, -0.1) is 0 Å². The van der Waals surface area contributed by atoms with E-state index in [4.69, 9.17) is 15.5 Å². The van der Waals surface area contributed by atoms with Gasteiger partial charge in [0.05, 0.1) is 10.6 Å². The normalized spacial score (nSPS) is 25.0. The van der Waals surface area contributed by atoms with E-state index in [0.717, 1.165) is 32.1 Å². The molecule has 0 radical (unpaired) electrons. The summed E-state index contributed by atoms with van der Waals surface area (Å²) < 4.78 is 15.0. The molecule has 0 spiro atoms. The van der Waals surface area contributed by atoms with Crippen LogP contribution < -0.4 is 5.73 Å². The number of phosphoric acid groups is 1. The first-order chi connectivity index (χ1) is 13.2. The second kappa shape index (κ2) is 8.81. The molecule has 2 aliphatic rings. The standard InChI is InChI=1S/C16H21N4O6PS/c17-11-3-1-10(2-4-11)7-14-18-6-5-12(19-14)8-13-15(21)20(16(22)28-13)9-26-27(23,24)25/h5-6,8,10-11H,1-4,7,9,17H2,(H2,23,24,25)/b13-8-. The van der Waals surface area contributed by atoms with Gasteiger partial charge in [0.15, 0.2) is 0 Å². The first-order valence-electron chi connectivity index (χ1n) is 8.74. The molecule has 1 aromatic heterocycles. The lowest BCUT2D eigenvalue weighted by molar-refractivity contribution is -0.124.